The molecule has 1 aliphatic heterocycles. The number of carbonyl (C=O) groups excluding carboxylic acids is 2. The molecule has 2 amide bonds. The fourth-order valence-corrected chi connectivity index (χ4v) is 3.74. The minimum atomic E-state index is -0.343. The number of ether oxygens (including phenoxy) is 1. The Morgan fingerprint density at radius 2 is 2.00 bits per heavy atom. The molecule has 0 unspecified atom stereocenters. The number of piperidine rings is 1. The summed E-state index contributed by atoms with van der Waals surface area (Å²) in [7, 11) is 0. The highest BCUT2D eigenvalue weighted by Gasteiger charge is 2.32. The number of rotatable bonds is 7. The van der Waals surface area contributed by atoms with Gasteiger partial charge in [0.15, 0.2) is 0 Å². The minimum Gasteiger partial charge on any atom is -0.450 e. The van der Waals surface area contributed by atoms with Gasteiger partial charge in [0.1, 0.15) is 5.82 Å². The predicted octanol–water partition coefficient (Wildman–Crippen LogP) is 3.18. The molecule has 1 saturated heterocycles. The second kappa shape index (κ2) is 9.56. The molecular weight excluding hydrogens is 385 g/mol. The molecule has 0 bridgehead atoms. The number of nitrogens with zero attached hydrogens (tertiary/aromatic N) is 2. The number of nitrogens with one attached hydrogen (secondary N) is 1. The van der Waals surface area contributed by atoms with Crippen LogP contribution >= 0.6 is 11.6 Å². The maximum Gasteiger partial charge on any atom is 0.409 e. The van der Waals surface area contributed by atoms with E-state index in [0.717, 1.165) is 12.8 Å². The Morgan fingerprint density at radius 3 is 2.61 bits per heavy atom. The molecule has 6 nitrogen and oxygen atoms in total. The fraction of sp³-hybridized carbons (Fsp3) is 0.600. The van der Waals surface area contributed by atoms with Gasteiger partial charge in [0.2, 0.25) is 5.91 Å². The maximum atomic E-state index is 14.1. The molecule has 8 heteroatoms. The van der Waals surface area contributed by atoms with Gasteiger partial charge in [-0.2, -0.15) is 0 Å². The molecule has 2 aliphatic rings. The average molecular weight is 412 g/mol. The smallest absolute Gasteiger partial charge is 0.409 e. The topological polar surface area (TPSA) is 61.9 Å². The fourth-order valence-electron chi connectivity index (χ4n) is 3.52. The Hall–Kier alpha value is -1.86. The van der Waals surface area contributed by atoms with Gasteiger partial charge in [0.05, 0.1) is 13.2 Å². The van der Waals surface area contributed by atoms with E-state index < -0.39 is 0 Å². The quantitative estimate of drug-likeness (QED) is 0.748. The molecular formula is C20H27ClFN3O3. The summed E-state index contributed by atoms with van der Waals surface area (Å²) in [5, 5.41) is 3.44. The number of hydrogen-bond donors (Lipinski definition) is 1. The van der Waals surface area contributed by atoms with Crippen LogP contribution in [0, 0.1) is 5.82 Å². The molecule has 1 aromatic rings. The lowest BCUT2D eigenvalue weighted by Crippen LogP contribution is -2.49. The van der Waals surface area contributed by atoms with Crippen LogP contribution in [0.2, 0.25) is 5.02 Å². The van der Waals surface area contributed by atoms with Crippen LogP contribution in [0.25, 0.3) is 0 Å². The zero-order chi connectivity index (χ0) is 20.1. The van der Waals surface area contributed by atoms with Gasteiger partial charge in [-0.3, -0.25) is 9.69 Å². The molecule has 1 aliphatic carbocycles. The summed E-state index contributed by atoms with van der Waals surface area (Å²) in [6.07, 6.45) is 3.13. The van der Waals surface area contributed by atoms with Crippen LogP contribution in [0.3, 0.4) is 0 Å². The van der Waals surface area contributed by atoms with E-state index >= 15 is 0 Å². The summed E-state index contributed by atoms with van der Waals surface area (Å²) in [5.74, 6) is -0.418. The molecule has 28 heavy (non-hydrogen) atoms. The van der Waals surface area contributed by atoms with E-state index in [9.17, 15) is 14.0 Å². The van der Waals surface area contributed by atoms with Crippen molar-refractivity contribution in [2.45, 2.75) is 51.2 Å². The summed E-state index contributed by atoms with van der Waals surface area (Å²) in [6, 6.07) is 4.98. The van der Waals surface area contributed by atoms with E-state index in [-0.39, 0.29) is 30.4 Å². The average Bonchev–Trinajstić information content (AvgIpc) is 3.50. The third-order valence-corrected chi connectivity index (χ3v) is 5.57. The first-order valence-electron chi connectivity index (χ1n) is 9.86. The molecule has 0 atom stereocenters. The lowest BCUT2D eigenvalue weighted by atomic mass is 10.1. The van der Waals surface area contributed by atoms with E-state index in [4.69, 9.17) is 16.3 Å². The molecule has 154 valence electrons. The Balaban J connectivity index is 1.50. The van der Waals surface area contributed by atoms with Crippen LogP contribution < -0.4 is 5.32 Å². The summed E-state index contributed by atoms with van der Waals surface area (Å²) < 4.78 is 19.1. The maximum absolute atomic E-state index is 14.1. The second-order valence-electron chi connectivity index (χ2n) is 7.36. The van der Waals surface area contributed by atoms with Crippen molar-refractivity contribution >= 4 is 23.6 Å². The van der Waals surface area contributed by atoms with Gasteiger partial charge in [-0.25, -0.2) is 9.18 Å². The summed E-state index contributed by atoms with van der Waals surface area (Å²) in [5.41, 5.74) is 0.437. The van der Waals surface area contributed by atoms with E-state index in [1.807, 2.05) is 4.90 Å². The van der Waals surface area contributed by atoms with Crippen molar-refractivity contribution in [3.63, 3.8) is 0 Å². The number of hydrogen-bond acceptors (Lipinski definition) is 4. The van der Waals surface area contributed by atoms with E-state index in [1.165, 1.54) is 6.07 Å². The van der Waals surface area contributed by atoms with Crippen molar-refractivity contribution in [2.75, 3.05) is 26.2 Å². The molecule has 1 N–H and O–H groups in total. The first-order chi connectivity index (χ1) is 13.5. The number of amides is 2. The summed E-state index contributed by atoms with van der Waals surface area (Å²) >= 11 is 6.14. The van der Waals surface area contributed by atoms with E-state index in [1.54, 1.807) is 24.0 Å². The van der Waals surface area contributed by atoms with Crippen molar-refractivity contribution in [1.29, 1.82) is 0 Å². The Bertz CT molecular complexity index is 686. The molecule has 0 radical (unpaired) electrons. The monoisotopic (exact) mass is 411 g/mol. The number of halogens is 2. The number of likely N-dealkylation sites (tertiary alicyclic amines) is 1. The van der Waals surface area contributed by atoms with Crippen LogP contribution in [0.4, 0.5) is 9.18 Å². The Morgan fingerprint density at radius 1 is 1.29 bits per heavy atom. The van der Waals surface area contributed by atoms with Crippen molar-refractivity contribution in [1.82, 2.24) is 15.1 Å². The van der Waals surface area contributed by atoms with Gasteiger partial charge >= 0.3 is 6.09 Å². The van der Waals surface area contributed by atoms with Crippen LogP contribution in [0.15, 0.2) is 18.2 Å². The summed E-state index contributed by atoms with van der Waals surface area (Å²) in [6.45, 7) is 3.82. The van der Waals surface area contributed by atoms with Gasteiger partial charge in [0, 0.05) is 42.3 Å². The first kappa shape index (κ1) is 20.9. The van der Waals surface area contributed by atoms with Gasteiger partial charge in [0.25, 0.3) is 0 Å². The highest BCUT2D eigenvalue weighted by Crippen LogP contribution is 2.30. The van der Waals surface area contributed by atoms with Gasteiger partial charge in [-0.15, -0.1) is 0 Å². The molecule has 0 spiro atoms. The van der Waals surface area contributed by atoms with Crippen molar-refractivity contribution in [3.05, 3.63) is 34.6 Å². The van der Waals surface area contributed by atoms with Crippen molar-refractivity contribution in [3.8, 4) is 0 Å². The highest BCUT2D eigenvalue weighted by atomic mass is 35.5. The Kier molecular flexibility index (Phi) is 7.13. The summed E-state index contributed by atoms with van der Waals surface area (Å²) in [4.78, 5) is 28.0. The molecule has 3 rings (SSSR count). The highest BCUT2D eigenvalue weighted by molar-refractivity contribution is 6.31. The van der Waals surface area contributed by atoms with Crippen molar-refractivity contribution < 1.29 is 18.7 Å². The minimum absolute atomic E-state index is 0.0382. The predicted molar refractivity (Wildman–Crippen MR) is 105 cm³/mol. The molecule has 1 saturated carbocycles. The largest absolute Gasteiger partial charge is 0.450 e. The number of carbonyl (C=O) groups is 2. The zero-order valence-corrected chi connectivity index (χ0v) is 16.9. The normalized spacial score (nSPS) is 17.6. The SMILES string of the molecule is CCOC(=O)N1CCC(NC(=O)CN(Cc2c(F)cccc2Cl)C2CC2)CC1. The standard InChI is InChI=1S/C20H27ClFN3O3/c1-2-28-20(27)24-10-8-14(9-11-24)23-19(26)13-25(15-6-7-15)12-16-17(21)4-3-5-18(16)22/h3-5,14-15H,2,6-13H2,1H3,(H,23,26). The molecule has 0 aromatic heterocycles. The molecule has 1 aromatic carbocycles. The van der Waals surface area contributed by atoms with Crippen LogP contribution in [-0.2, 0) is 16.1 Å². The Labute approximate surface area is 170 Å². The molecule has 1 heterocycles. The van der Waals surface area contributed by atoms with Crippen LogP contribution in [-0.4, -0.2) is 60.1 Å². The number of benzene rings is 1. The zero-order valence-electron chi connectivity index (χ0n) is 16.1. The third kappa shape index (κ3) is 5.58. The lowest BCUT2D eigenvalue weighted by molar-refractivity contribution is -0.123. The third-order valence-electron chi connectivity index (χ3n) is 5.22. The van der Waals surface area contributed by atoms with Gasteiger partial charge in [-0.05, 0) is 44.7 Å². The van der Waals surface area contributed by atoms with Gasteiger partial charge in [-0.1, -0.05) is 17.7 Å². The van der Waals surface area contributed by atoms with Crippen LogP contribution in [0.5, 0.6) is 0 Å². The molecule has 2 fully saturated rings. The second-order valence-corrected chi connectivity index (χ2v) is 7.77. The van der Waals surface area contributed by atoms with E-state index in [0.29, 0.717) is 55.7 Å². The van der Waals surface area contributed by atoms with E-state index in [2.05, 4.69) is 5.32 Å². The van der Waals surface area contributed by atoms with Crippen LogP contribution in [0.1, 0.15) is 38.2 Å². The van der Waals surface area contributed by atoms with Crippen molar-refractivity contribution in [2.24, 2.45) is 0 Å². The first-order valence-corrected chi connectivity index (χ1v) is 10.2. The van der Waals surface area contributed by atoms with Gasteiger partial charge < -0.3 is 15.0 Å². The lowest BCUT2D eigenvalue weighted by Gasteiger charge is -2.32.